The van der Waals surface area contributed by atoms with E-state index in [1.165, 1.54) is 11.1 Å². The Labute approximate surface area is 118 Å². The van der Waals surface area contributed by atoms with E-state index in [9.17, 15) is 5.26 Å². The van der Waals surface area contributed by atoms with Crippen LogP contribution in [0.5, 0.6) is 5.75 Å². The lowest BCUT2D eigenvalue weighted by Gasteiger charge is -2.23. The molecule has 0 saturated carbocycles. The van der Waals surface area contributed by atoms with Crippen LogP contribution in [0.3, 0.4) is 0 Å². The Balaban J connectivity index is 1.87. The van der Waals surface area contributed by atoms with Gasteiger partial charge in [0.05, 0.1) is 13.2 Å². The third-order valence-corrected chi connectivity index (χ3v) is 3.77. The number of rotatable bonds is 3. The number of nitriles is 1. The highest BCUT2D eigenvalue weighted by Gasteiger charge is 2.37. The molecule has 1 aliphatic rings. The zero-order valence-electron chi connectivity index (χ0n) is 11.4. The van der Waals surface area contributed by atoms with Crippen LogP contribution in [0.25, 0.3) is 0 Å². The van der Waals surface area contributed by atoms with Gasteiger partial charge >= 0.3 is 0 Å². The minimum atomic E-state index is -0.559. The molecule has 100 valence electrons. The second-order valence-corrected chi connectivity index (χ2v) is 5.17. The maximum atomic E-state index is 9.63. The Morgan fingerprint density at radius 2 is 1.80 bits per heavy atom. The van der Waals surface area contributed by atoms with Crippen LogP contribution in [0, 0.1) is 11.3 Å². The Bertz CT molecular complexity index is 648. The average Bonchev–Trinajstić information content (AvgIpc) is 2.86. The fourth-order valence-electron chi connectivity index (χ4n) is 2.79. The van der Waals surface area contributed by atoms with Crippen molar-refractivity contribution < 1.29 is 4.74 Å². The van der Waals surface area contributed by atoms with E-state index in [4.69, 9.17) is 4.74 Å². The van der Waals surface area contributed by atoms with E-state index < -0.39 is 5.54 Å². The Hall–Kier alpha value is -2.47. The van der Waals surface area contributed by atoms with Gasteiger partial charge in [0.15, 0.2) is 0 Å². The summed E-state index contributed by atoms with van der Waals surface area (Å²) in [7, 11) is 1.64. The lowest BCUT2D eigenvalue weighted by molar-refractivity contribution is 0.415. The first-order chi connectivity index (χ1) is 9.74. The Morgan fingerprint density at radius 1 is 1.10 bits per heavy atom. The van der Waals surface area contributed by atoms with Crippen molar-refractivity contribution in [3.63, 3.8) is 0 Å². The molecular formula is C17H16N2O. The summed E-state index contributed by atoms with van der Waals surface area (Å²) < 4.78 is 5.22. The molecule has 20 heavy (non-hydrogen) atoms. The van der Waals surface area contributed by atoms with Gasteiger partial charge in [0.1, 0.15) is 11.3 Å². The molecule has 2 aromatic rings. The normalized spacial score (nSPS) is 15.2. The van der Waals surface area contributed by atoms with Crippen molar-refractivity contribution in [1.82, 2.24) is 0 Å². The number of benzene rings is 2. The van der Waals surface area contributed by atoms with Crippen LogP contribution < -0.4 is 10.1 Å². The summed E-state index contributed by atoms with van der Waals surface area (Å²) in [5.41, 5.74) is 2.86. The van der Waals surface area contributed by atoms with Crippen LogP contribution >= 0.6 is 0 Å². The fourth-order valence-corrected chi connectivity index (χ4v) is 2.79. The molecule has 0 atom stereocenters. The molecule has 0 saturated heterocycles. The minimum Gasteiger partial charge on any atom is -0.497 e. The molecule has 0 aromatic heterocycles. The van der Waals surface area contributed by atoms with Crippen LogP contribution in [-0.2, 0) is 12.8 Å². The molecule has 0 heterocycles. The zero-order valence-corrected chi connectivity index (χ0v) is 11.4. The quantitative estimate of drug-likeness (QED) is 0.926. The number of nitrogens with zero attached hydrogens (tertiary/aromatic N) is 1. The maximum absolute atomic E-state index is 9.63. The highest BCUT2D eigenvalue weighted by atomic mass is 16.5. The van der Waals surface area contributed by atoms with Gasteiger partial charge in [0.25, 0.3) is 0 Å². The van der Waals surface area contributed by atoms with Gasteiger partial charge in [-0.05, 0) is 23.3 Å². The van der Waals surface area contributed by atoms with Crippen LogP contribution in [0.1, 0.15) is 11.1 Å². The molecule has 1 aliphatic carbocycles. The summed E-state index contributed by atoms with van der Waals surface area (Å²) in [4.78, 5) is 0. The lowest BCUT2D eigenvalue weighted by atomic mass is 9.97. The van der Waals surface area contributed by atoms with Crippen molar-refractivity contribution >= 4 is 5.69 Å². The number of fused-ring (bicyclic) bond motifs is 1. The van der Waals surface area contributed by atoms with E-state index in [0.29, 0.717) is 0 Å². The molecule has 0 unspecified atom stereocenters. The third-order valence-electron chi connectivity index (χ3n) is 3.77. The van der Waals surface area contributed by atoms with Crippen molar-refractivity contribution in [2.75, 3.05) is 12.4 Å². The summed E-state index contributed by atoms with van der Waals surface area (Å²) in [5, 5.41) is 13.0. The van der Waals surface area contributed by atoms with E-state index in [1.807, 2.05) is 36.4 Å². The second kappa shape index (κ2) is 4.90. The molecule has 1 N–H and O–H groups in total. The summed E-state index contributed by atoms with van der Waals surface area (Å²) in [5.74, 6) is 0.790. The Morgan fingerprint density at radius 3 is 2.40 bits per heavy atom. The van der Waals surface area contributed by atoms with Crippen LogP contribution in [0.2, 0.25) is 0 Å². The second-order valence-electron chi connectivity index (χ2n) is 5.17. The van der Waals surface area contributed by atoms with Crippen molar-refractivity contribution in [3.05, 3.63) is 59.7 Å². The largest absolute Gasteiger partial charge is 0.497 e. The summed E-state index contributed by atoms with van der Waals surface area (Å²) in [6, 6.07) is 18.4. The van der Waals surface area contributed by atoms with E-state index in [2.05, 4.69) is 23.5 Å². The van der Waals surface area contributed by atoms with E-state index >= 15 is 0 Å². The van der Waals surface area contributed by atoms with Gasteiger partial charge in [-0.25, -0.2) is 0 Å². The first kappa shape index (κ1) is 12.6. The number of anilines is 1. The lowest BCUT2D eigenvalue weighted by Crippen LogP contribution is -2.37. The number of ether oxygens (including phenoxy) is 1. The number of nitrogens with one attached hydrogen (secondary N) is 1. The summed E-state index contributed by atoms with van der Waals surface area (Å²) in [6.45, 7) is 0. The number of hydrogen-bond acceptors (Lipinski definition) is 3. The van der Waals surface area contributed by atoms with Gasteiger partial charge in [-0.1, -0.05) is 30.3 Å². The van der Waals surface area contributed by atoms with E-state index in [0.717, 1.165) is 24.3 Å². The van der Waals surface area contributed by atoms with Crippen LogP contribution in [0.15, 0.2) is 48.5 Å². The molecular weight excluding hydrogens is 248 g/mol. The topological polar surface area (TPSA) is 45.0 Å². The first-order valence-electron chi connectivity index (χ1n) is 6.65. The van der Waals surface area contributed by atoms with Gasteiger partial charge in [-0.15, -0.1) is 0 Å². The first-order valence-corrected chi connectivity index (χ1v) is 6.65. The molecule has 0 aliphatic heterocycles. The van der Waals surface area contributed by atoms with Gasteiger partial charge in [0, 0.05) is 24.6 Å². The van der Waals surface area contributed by atoms with Gasteiger partial charge in [-0.3, -0.25) is 0 Å². The Kier molecular flexibility index (Phi) is 3.08. The molecule has 2 aromatic carbocycles. The molecule has 0 amide bonds. The smallest absolute Gasteiger partial charge is 0.133 e. The predicted molar refractivity (Wildman–Crippen MR) is 78.8 cm³/mol. The summed E-state index contributed by atoms with van der Waals surface area (Å²) in [6.07, 6.45) is 1.47. The highest BCUT2D eigenvalue weighted by Crippen LogP contribution is 2.33. The van der Waals surface area contributed by atoms with Gasteiger partial charge < -0.3 is 10.1 Å². The molecule has 3 heteroatoms. The third kappa shape index (κ3) is 2.21. The van der Waals surface area contributed by atoms with Crippen molar-refractivity contribution in [2.45, 2.75) is 18.4 Å². The fraction of sp³-hybridized carbons (Fsp3) is 0.235. The van der Waals surface area contributed by atoms with Gasteiger partial charge in [0.2, 0.25) is 0 Å². The van der Waals surface area contributed by atoms with Crippen LogP contribution in [0.4, 0.5) is 5.69 Å². The molecule has 3 nitrogen and oxygen atoms in total. The SMILES string of the molecule is COc1cccc(NC2(C#N)Cc3ccccc3C2)c1. The molecule has 3 rings (SSSR count). The number of methoxy groups -OCH3 is 1. The van der Waals surface area contributed by atoms with Crippen molar-refractivity contribution in [3.8, 4) is 11.8 Å². The average molecular weight is 264 g/mol. The monoisotopic (exact) mass is 264 g/mol. The maximum Gasteiger partial charge on any atom is 0.133 e. The molecule has 0 fully saturated rings. The van der Waals surface area contributed by atoms with Crippen molar-refractivity contribution in [1.29, 1.82) is 5.26 Å². The molecule has 0 bridgehead atoms. The standard InChI is InChI=1S/C17H16N2O/c1-20-16-8-4-7-15(9-16)19-17(12-18)10-13-5-2-3-6-14(13)11-17/h2-9,19H,10-11H2,1H3. The molecule has 0 spiro atoms. The molecule has 0 radical (unpaired) electrons. The predicted octanol–water partition coefficient (Wildman–Crippen LogP) is 3.17. The van der Waals surface area contributed by atoms with Gasteiger partial charge in [-0.2, -0.15) is 5.26 Å². The highest BCUT2D eigenvalue weighted by molar-refractivity contribution is 5.55. The van der Waals surface area contributed by atoms with Crippen molar-refractivity contribution in [2.24, 2.45) is 0 Å². The summed E-state index contributed by atoms with van der Waals surface area (Å²) >= 11 is 0. The van der Waals surface area contributed by atoms with Crippen LogP contribution in [-0.4, -0.2) is 12.6 Å². The van der Waals surface area contributed by atoms with E-state index in [-0.39, 0.29) is 0 Å². The minimum absolute atomic E-state index is 0.559. The number of hydrogen-bond donors (Lipinski definition) is 1. The zero-order chi connectivity index (χ0) is 14.0. The van der Waals surface area contributed by atoms with E-state index in [1.54, 1.807) is 7.11 Å².